The van der Waals surface area contributed by atoms with Crippen LogP contribution in [-0.4, -0.2) is 29.7 Å². The summed E-state index contributed by atoms with van der Waals surface area (Å²) in [6.07, 6.45) is 2.60. The van der Waals surface area contributed by atoms with Gasteiger partial charge >= 0.3 is 0 Å². The Balaban J connectivity index is 2.20. The highest BCUT2D eigenvalue weighted by molar-refractivity contribution is 6.30. The van der Waals surface area contributed by atoms with Crippen LogP contribution in [0.3, 0.4) is 0 Å². The van der Waals surface area contributed by atoms with Gasteiger partial charge in [0.1, 0.15) is 6.20 Å². The average Bonchev–Trinajstić information content (AvgIpc) is 2.64. The fourth-order valence-electron chi connectivity index (χ4n) is 2.17. The summed E-state index contributed by atoms with van der Waals surface area (Å²) < 4.78 is 0.378. The molecule has 0 N–H and O–H groups in total. The van der Waals surface area contributed by atoms with E-state index in [1.807, 2.05) is 50.5 Å². The van der Waals surface area contributed by atoms with Crippen molar-refractivity contribution in [2.45, 2.75) is 13.3 Å². The van der Waals surface area contributed by atoms with E-state index < -0.39 is 0 Å². The van der Waals surface area contributed by atoms with E-state index in [1.165, 1.54) is 0 Å². The van der Waals surface area contributed by atoms with Crippen LogP contribution < -0.4 is 0 Å². The summed E-state index contributed by atoms with van der Waals surface area (Å²) in [4.78, 5) is 16.5. The van der Waals surface area contributed by atoms with Crippen molar-refractivity contribution in [1.29, 1.82) is 0 Å². The third kappa shape index (κ3) is 2.52. The number of quaternary nitrogens is 1. The Bertz CT molecular complexity index is 522. The molecule has 1 aliphatic rings. The van der Waals surface area contributed by atoms with E-state index in [2.05, 4.69) is 4.99 Å². The number of halogens is 1. The Morgan fingerprint density at radius 2 is 2.00 bits per heavy atom. The molecular formula is C14H16ClN2O+. The van der Waals surface area contributed by atoms with E-state index in [1.54, 1.807) is 0 Å². The van der Waals surface area contributed by atoms with Gasteiger partial charge in [-0.1, -0.05) is 48.9 Å². The molecule has 0 aliphatic carbocycles. The van der Waals surface area contributed by atoms with Crippen LogP contribution in [0, 0.1) is 0 Å². The molecule has 4 heteroatoms. The number of benzene rings is 1. The van der Waals surface area contributed by atoms with E-state index in [0.29, 0.717) is 16.2 Å². The van der Waals surface area contributed by atoms with Crippen LogP contribution in [-0.2, 0) is 0 Å². The predicted octanol–water partition coefficient (Wildman–Crippen LogP) is 3.18. The summed E-state index contributed by atoms with van der Waals surface area (Å²) in [5, 5.41) is 0.468. The zero-order valence-corrected chi connectivity index (χ0v) is 11.3. The van der Waals surface area contributed by atoms with Crippen molar-refractivity contribution >= 4 is 23.2 Å². The summed E-state index contributed by atoms with van der Waals surface area (Å²) in [5.74, 6) is 1.02. The van der Waals surface area contributed by atoms with Gasteiger partial charge in [-0.2, -0.15) is 4.99 Å². The molecule has 0 fully saturated rings. The van der Waals surface area contributed by atoms with Crippen molar-refractivity contribution in [2.75, 3.05) is 13.6 Å². The number of rotatable bonds is 4. The van der Waals surface area contributed by atoms with Crippen LogP contribution in [0.15, 0.2) is 46.7 Å². The fraction of sp³-hybridized carbons (Fsp3) is 0.286. The summed E-state index contributed by atoms with van der Waals surface area (Å²) in [7, 11) is 1.96. The number of hydrogen-bond acceptors (Lipinski definition) is 2. The molecule has 0 saturated carbocycles. The van der Waals surface area contributed by atoms with E-state index in [4.69, 9.17) is 11.6 Å². The lowest BCUT2D eigenvalue weighted by Crippen LogP contribution is -2.45. The minimum atomic E-state index is 0.0990. The van der Waals surface area contributed by atoms with Crippen molar-refractivity contribution in [3.05, 3.63) is 47.3 Å². The molecule has 18 heavy (non-hydrogen) atoms. The topological polar surface area (TPSA) is 29.4 Å². The number of likely N-dealkylation sites (N-methyl/N-ethyl adjacent to an activating group) is 1. The van der Waals surface area contributed by atoms with Crippen molar-refractivity contribution in [3.63, 3.8) is 0 Å². The third-order valence-electron chi connectivity index (χ3n) is 3.10. The quantitative estimate of drug-likeness (QED) is 0.466. The Hall–Kier alpha value is -1.45. The fourth-order valence-corrected chi connectivity index (χ4v) is 2.48. The standard InChI is InChI=1S/C14H16ClN2O/c1-3-14-16-13(15)10-17(14,2)9-12(18)11-7-5-4-6-8-11/h4-8,10H,3,9H2,1-2H3/q+1. The Morgan fingerprint density at radius 1 is 1.33 bits per heavy atom. The first-order valence-corrected chi connectivity index (χ1v) is 6.33. The Morgan fingerprint density at radius 3 is 2.61 bits per heavy atom. The number of aliphatic imine (C=N–C) groups is 1. The third-order valence-corrected chi connectivity index (χ3v) is 3.28. The molecule has 1 aliphatic heterocycles. The molecule has 0 bridgehead atoms. The van der Waals surface area contributed by atoms with Crippen LogP contribution >= 0.6 is 11.6 Å². The van der Waals surface area contributed by atoms with E-state index >= 15 is 0 Å². The zero-order chi connectivity index (χ0) is 13.2. The van der Waals surface area contributed by atoms with Crippen LogP contribution in [0.4, 0.5) is 0 Å². The number of amidine groups is 1. The summed E-state index contributed by atoms with van der Waals surface area (Å²) >= 11 is 5.95. The molecule has 0 radical (unpaired) electrons. The van der Waals surface area contributed by atoms with E-state index in [0.717, 1.165) is 17.8 Å². The molecule has 1 aromatic rings. The van der Waals surface area contributed by atoms with Crippen LogP contribution in [0.2, 0.25) is 0 Å². The van der Waals surface area contributed by atoms with Crippen molar-refractivity contribution < 1.29 is 9.28 Å². The van der Waals surface area contributed by atoms with Crippen LogP contribution in [0.5, 0.6) is 0 Å². The molecule has 0 saturated heterocycles. The number of carbonyl (C=O) groups is 1. The monoisotopic (exact) mass is 263 g/mol. The lowest BCUT2D eigenvalue weighted by Gasteiger charge is -2.26. The number of nitrogens with zero attached hydrogens (tertiary/aromatic N) is 2. The molecule has 3 nitrogen and oxygen atoms in total. The predicted molar refractivity (Wildman–Crippen MR) is 73.5 cm³/mol. The van der Waals surface area contributed by atoms with Gasteiger partial charge in [-0.3, -0.25) is 4.79 Å². The average molecular weight is 264 g/mol. The lowest BCUT2D eigenvalue weighted by molar-refractivity contribution is -0.755. The van der Waals surface area contributed by atoms with Gasteiger partial charge in [0.15, 0.2) is 11.7 Å². The molecule has 1 unspecified atom stereocenters. The van der Waals surface area contributed by atoms with Crippen molar-refractivity contribution in [3.8, 4) is 0 Å². The normalized spacial score (nSPS) is 22.6. The molecule has 1 aromatic carbocycles. The largest absolute Gasteiger partial charge is 0.288 e. The Labute approximate surface area is 112 Å². The number of carbonyl (C=O) groups excluding carboxylic acids is 1. The SMILES string of the molecule is CCC1=NC(Cl)=C[N+]1(C)CC(=O)c1ccccc1. The maximum atomic E-state index is 12.2. The minimum absolute atomic E-state index is 0.0990. The smallest absolute Gasteiger partial charge is 0.217 e. The van der Waals surface area contributed by atoms with Gasteiger partial charge in [-0.15, -0.1) is 0 Å². The Kier molecular flexibility index (Phi) is 3.64. The van der Waals surface area contributed by atoms with Gasteiger partial charge in [-0.25, -0.2) is 4.48 Å². The van der Waals surface area contributed by atoms with Gasteiger partial charge in [0.2, 0.25) is 11.6 Å². The second kappa shape index (κ2) is 5.04. The summed E-state index contributed by atoms with van der Waals surface area (Å²) in [6.45, 7) is 2.37. The minimum Gasteiger partial charge on any atom is -0.288 e. The first-order valence-electron chi connectivity index (χ1n) is 5.95. The molecule has 0 amide bonds. The molecule has 1 heterocycles. The molecule has 94 valence electrons. The van der Waals surface area contributed by atoms with Gasteiger partial charge in [-0.05, 0) is 0 Å². The van der Waals surface area contributed by atoms with E-state index in [-0.39, 0.29) is 5.78 Å². The van der Waals surface area contributed by atoms with Gasteiger partial charge in [0.05, 0.1) is 7.05 Å². The lowest BCUT2D eigenvalue weighted by atomic mass is 10.1. The maximum absolute atomic E-state index is 12.2. The molecule has 0 aromatic heterocycles. The van der Waals surface area contributed by atoms with Gasteiger partial charge in [0, 0.05) is 12.0 Å². The van der Waals surface area contributed by atoms with Gasteiger partial charge in [0.25, 0.3) is 0 Å². The maximum Gasteiger partial charge on any atom is 0.217 e. The molecular weight excluding hydrogens is 248 g/mol. The highest BCUT2D eigenvalue weighted by Gasteiger charge is 2.34. The number of Topliss-reactive ketones (excluding diaryl/α,β-unsaturated/α-hetero) is 1. The van der Waals surface area contributed by atoms with Crippen LogP contribution in [0.25, 0.3) is 0 Å². The first-order chi connectivity index (χ1) is 8.55. The van der Waals surface area contributed by atoms with E-state index in [9.17, 15) is 4.79 Å². The highest BCUT2D eigenvalue weighted by Crippen LogP contribution is 2.24. The summed E-state index contributed by atoms with van der Waals surface area (Å²) in [6, 6.07) is 9.31. The van der Waals surface area contributed by atoms with Crippen LogP contribution in [0.1, 0.15) is 23.7 Å². The molecule has 1 atom stereocenters. The van der Waals surface area contributed by atoms with Crippen molar-refractivity contribution in [2.24, 2.45) is 4.99 Å². The summed E-state index contributed by atoms with van der Waals surface area (Å²) in [5.41, 5.74) is 0.726. The second-order valence-electron chi connectivity index (χ2n) is 4.55. The first kappa shape index (κ1) is 13.0. The number of ketones is 1. The molecule has 0 spiro atoms. The van der Waals surface area contributed by atoms with Gasteiger partial charge < -0.3 is 0 Å². The number of hydrogen-bond donors (Lipinski definition) is 0. The van der Waals surface area contributed by atoms with Crippen molar-refractivity contribution in [1.82, 2.24) is 0 Å². The second-order valence-corrected chi connectivity index (χ2v) is 4.94. The highest BCUT2D eigenvalue weighted by atomic mass is 35.5. The zero-order valence-electron chi connectivity index (χ0n) is 10.6. The molecule has 2 rings (SSSR count).